The van der Waals surface area contributed by atoms with E-state index in [9.17, 15) is 4.79 Å². The van der Waals surface area contributed by atoms with E-state index in [1.165, 1.54) is 24.6 Å². The summed E-state index contributed by atoms with van der Waals surface area (Å²) in [6.07, 6.45) is 6.68. The lowest BCUT2D eigenvalue weighted by Gasteiger charge is -2.12. The maximum Gasteiger partial charge on any atom is 0.234 e. The molecule has 1 heterocycles. The molecule has 1 N–H and O–H groups in total. The van der Waals surface area contributed by atoms with E-state index in [1.54, 1.807) is 0 Å². The van der Waals surface area contributed by atoms with Crippen LogP contribution in [-0.2, 0) is 11.3 Å². The summed E-state index contributed by atoms with van der Waals surface area (Å²) in [7, 11) is 0. The molecular formula is C20H26N4O2S. The van der Waals surface area contributed by atoms with Gasteiger partial charge in [0.1, 0.15) is 11.6 Å². The van der Waals surface area contributed by atoms with E-state index in [2.05, 4.69) is 26.7 Å². The van der Waals surface area contributed by atoms with E-state index in [-0.39, 0.29) is 11.7 Å². The Morgan fingerprint density at radius 1 is 1.33 bits per heavy atom. The quantitative estimate of drug-likeness (QED) is 0.515. The molecule has 144 valence electrons. The van der Waals surface area contributed by atoms with E-state index in [0.717, 1.165) is 35.3 Å². The van der Waals surface area contributed by atoms with Crippen molar-refractivity contribution < 1.29 is 9.53 Å². The zero-order valence-corrected chi connectivity index (χ0v) is 16.5. The monoisotopic (exact) mass is 386 g/mol. The third-order valence-electron chi connectivity index (χ3n) is 4.56. The highest BCUT2D eigenvalue weighted by atomic mass is 32.2. The van der Waals surface area contributed by atoms with Gasteiger partial charge in [0.05, 0.1) is 12.4 Å². The van der Waals surface area contributed by atoms with Crippen molar-refractivity contribution in [2.75, 3.05) is 17.7 Å². The van der Waals surface area contributed by atoms with Crippen LogP contribution in [0.15, 0.2) is 42.1 Å². The number of hydrogen-bond acceptors (Lipinski definition) is 5. The van der Waals surface area contributed by atoms with Crippen LogP contribution in [0.25, 0.3) is 0 Å². The van der Waals surface area contributed by atoms with Crippen LogP contribution >= 0.6 is 11.8 Å². The van der Waals surface area contributed by atoms with Crippen LogP contribution < -0.4 is 10.1 Å². The lowest BCUT2D eigenvalue weighted by Crippen LogP contribution is -2.15. The predicted octanol–water partition coefficient (Wildman–Crippen LogP) is 4.25. The van der Waals surface area contributed by atoms with E-state index >= 15 is 0 Å². The summed E-state index contributed by atoms with van der Waals surface area (Å²) in [5, 5.41) is 12.4. The Morgan fingerprint density at radius 2 is 2.07 bits per heavy atom. The lowest BCUT2D eigenvalue weighted by atomic mass is 10.1. The minimum absolute atomic E-state index is 0.0697. The highest BCUT2D eigenvalue weighted by Gasteiger charge is 2.24. The van der Waals surface area contributed by atoms with Crippen molar-refractivity contribution in [2.45, 2.75) is 50.2 Å². The van der Waals surface area contributed by atoms with Gasteiger partial charge in [0.2, 0.25) is 5.91 Å². The van der Waals surface area contributed by atoms with Crippen molar-refractivity contribution in [2.24, 2.45) is 0 Å². The van der Waals surface area contributed by atoms with E-state index < -0.39 is 0 Å². The van der Waals surface area contributed by atoms with E-state index in [1.807, 2.05) is 37.3 Å². The van der Waals surface area contributed by atoms with Gasteiger partial charge in [0, 0.05) is 18.2 Å². The molecule has 6 nitrogen and oxygen atoms in total. The molecule has 1 amide bonds. The fraction of sp³-hybridized carbons (Fsp3) is 0.450. The van der Waals surface area contributed by atoms with Gasteiger partial charge in [-0.25, -0.2) is 0 Å². The number of ether oxygens (including phenoxy) is 1. The Kier molecular flexibility index (Phi) is 6.92. The number of anilines is 1. The Bertz CT molecular complexity index is 767. The summed E-state index contributed by atoms with van der Waals surface area (Å²) in [6.45, 7) is 7.07. The van der Waals surface area contributed by atoms with Gasteiger partial charge >= 0.3 is 0 Å². The minimum atomic E-state index is -0.0697. The molecule has 0 bridgehead atoms. The third-order valence-corrected chi connectivity index (χ3v) is 5.53. The number of thioether (sulfide) groups is 1. The van der Waals surface area contributed by atoms with Gasteiger partial charge in [-0.1, -0.05) is 30.7 Å². The highest BCUT2D eigenvalue weighted by Crippen LogP contribution is 2.34. The molecular weight excluding hydrogens is 360 g/mol. The molecule has 1 fully saturated rings. The first kappa shape index (κ1) is 19.5. The third kappa shape index (κ3) is 5.13. The second-order valence-electron chi connectivity index (χ2n) is 6.52. The van der Waals surface area contributed by atoms with Crippen molar-refractivity contribution >= 4 is 23.4 Å². The van der Waals surface area contributed by atoms with Gasteiger partial charge in [-0.05, 0) is 44.0 Å². The largest absolute Gasteiger partial charge is 0.494 e. The molecule has 1 aliphatic rings. The molecule has 2 aromatic rings. The van der Waals surface area contributed by atoms with E-state index in [4.69, 9.17) is 4.74 Å². The Balaban J connectivity index is 1.58. The van der Waals surface area contributed by atoms with Crippen LogP contribution in [0.4, 0.5) is 5.69 Å². The van der Waals surface area contributed by atoms with E-state index in [0.29, 0.717) is 19.1 Å². The average molecular weight is 387 g/mol. The zero-order valence-electron chi connectivity index (χ0n) is 15.7. The van der Waals surface area contributed by atoms with Gasteiger partial charge in [0.25, 0.3) is 0 Å². The van der Waals surface area contributed by atoms with Crippen LogP contribution in [0.1, 0.15) is 44.3 Å². The first-order chi connectivity index (χ1) is 13.2. The number of benzene rings is 1. The molecule has 0 atom stereocenters. The predicted molar refractivity (Wildman–Crippen MR) is 108 cm³/mol. The van der Waals surface area contributed by atoms with Gasteiger partial charge in [0.15, 0.2) is 5.16 Å². The first-order valence-corrected chi connectivity index (χ1v) is 10.4. The number of hydrogen-bond donors (Lipinski definition) is 1. The topological polar surface area (TPSA) is 69.0 Å². The van der Waals surface area contributed by atoms with Crippen molar-refractivity contribution in [1.82, 2.24) is 14.8 Å². The summed E-state index contributed by atoms with van der Waals surface area (Å²) in [6, 6.07) is 7.37. The summed E-state index contributed by atoms with van der Waals surface area (Å²) in [5.41, 5.74) is 0.753. The molecule has 0 saturated heterocycles. The van der Waals surface area contributed by atoms with Crippen molar-refractivity contribution in [3.63, 3.8) is 0 Å². The van der Waals surface area contributed by atoms with Gasteiger partial charge in [-0.2, -0.15) is 0 Å². The van der Waals surface area contributed by atoms with Crippen LogP contribution in [0.5, 0.6) is 5.75 Å². The number of amides is 1. The fourth-order valence-electron chi connectivity index (χ4n) is 3.32. The maximum atomic E-state index is 12.3. The number of allylic oxidation sites excluding steroid dienone is 1. The second-order valence-corrected chi connectivity index (χ2v) is 7.46. The molecule has 0 aliphatic heterocycles. The lowest BCUT2D eigenvalue weighted by molar-refractivity contribution is -0.113. The number of carbonyl (C=O) groups excluding carboxylic acids is 1. The van der Waals surface area contributed by atoms with Crippen LogP contribution in [-0.4, -0.2) is 33.0 Å². The summed E-state index contributed by atoms with van der Waals surface area (Å²) < 4.78 is 7.50. The summed E-state index contributed by atoms with van der Waals surface area (Å²) in [5.74, 6) is 2.51. The number of nitrogens with zero attached hydrogens (tertiary/aromatic N) is 3. The maximum absolute atomic E-state index is 12.3. The Morgan fingerprint density at radius 3 is 2.74 bits per heavy atom. The SMILES string of the molecule is C=CCn1c(SCC(=O)Nc2ccc(OCC)cc2)nnc1C1CCCC1. The standard InChI is InChI=1S/C20H26N4O2S/c1-3-13-24-19(15-7-5-6-8-15)22-23-20(24)27-14-18(25)21-16-9-11-17(12-10-16)26-4-2/h3,9-12,15H,1,4-8,13-14H2,2H3,(H,21,25). The number of rotatable bonds is 9. The molecule has 1 aromatic heterocycles. The smallest absolute Gasteiger partial charge is 0.234 e. The molecule has 0 radical (unpaired) electrons. The first-order valence-electron chi connectivity index (χ1n) is 9.40. The summed E-state index contributed by atoms with van der Waals surface area (Å²) in [4.78, 5) is 12.3. The number of carbonyl (C=O) groups is 1. The van der Waals surface area contributed by atoms with Crippen molar-refractivity contribution in [1.29, 1.82) is 0 Å². The van der Waals surface area contributed by atoms with Gasteiger partial charge in [-0.15, -0.1) is 16.8 Å². The highest BCUT2D eigenvalue weighted by molar-refractivity contribution is 7.99. The van der Waals surface area contributed by atoms with Gasteiger partial charge < -0.3 is 14.6 Å². The minimum Gasteiger partial charge on any atom is -0.494 e. The molecule has 27 heavy (non-hydrogen) atoms. The molecule has 0 spiro atoms. The van der Waals surface area contributed by atoms with Gasteiger partial charge in [-0.3, -0.25) is 4.79 Å². The van der Waals surface area contributed by atoms with Crippen LogP contribution in [0.3, 0.4) is 0 Å². The number of aromatic nitrogens is 3. The Labute approximate surface area is 164 Å². The Hall–Kier alpha value is -2.28. The normalized spacial score (nSPS) is 14.3. The average Bonchev–Trinajstić information content (AvgIpc) is 3.32. The second kappa shape index (κ2) is 9.60. The molecule has 7 heteroatoms. The molecule has 1 aliphatic carbocycles. The fourth-order valence-corrected chi connectivity index (χ4v) is 4.08. The van der Waals surface area contributed by atoms with Crippen LogP contribution in [0, 0.1) is 0 Å². The molecule has 1 aromatic carbocycles. The zero-order chi connectivity index (χ0) is 19.1. The van der Waals surface area contributed by atoms with Crippen molar-refractivity contribution in [3.05, 3.63) is 42.7 Å². The molecule has 0 unspecified atom stereocenters. The van der Waals surface area contributed by atoms with Crippen LogP contribution in [0.2, 0.25) is 0 Å². The molecule has 1 saturated carbocycles. The number of nitrogens with one attached hydrogen (secondary N) is 1. The molecule has 3 rings (SSSR count). The summed E-state index contributed by atoms with van der Waals surface area (Å²) >= 11 is 1.41. The van der Waals surface area contributed by atoms with Crippen molar-refractivity contribution in [3.8, 4) is 5.75 Å².